The third-order valence-corrected chi connectivity index (χ3v) is 5.89. The van der Waals surface area contributed by atoms with Gasteiger partial charge in [-0.15, -0.1) is 0 Å². The molecule has 0 saturated heterocycles. The number of aromatic nitrogens is 2. The molecule has 0 radical (unpaired) electrons. The molecule has 0 bridgehead atoms. The zero-order valence-electron chi connectivity index (χ0n) is 15.6. The Morgan fingerprint density at radius 3 is 2.73 bits per heavy atom. The fraction of sp³-hybridized carbons (Fsp3) is 0.348. The highest BCUT2D eigenvalue weighted by molar-refractivity contribution is 5.90. The van der Waals surface area contributed by atoms with Gasteiger partial charge in [0, 0.05) is 55.2 Å². The van der Waals surface area contributed by atoms with Crippen molar-refractivity contribution in [2.24, 2.45) is 0 Å². The Hall–Kier alpha value is -2.39. The zero-order chi connectivity index (χ0) is 17.7. The molecule has 1 aliphatic carbocycles. The lowest BCUT2D eigenvalue weighted by Gasteiger charge is -2.27. The second kappa shape index (κ2) is 6.10. The van der Waals surface area contributed by atoms with E-state index in [-0.39, 0.29) is 0 Å². The van der Waals surface area contributed by atoms with E-state index in [4.69, 9.17) is 0 Å². The fourth-order valence-electron chi connectivity index (χ4n) is 4.31. The van der Waals surface area contributed by atoms with Crippen LogP contribution in [0.15, 0.2) is 42.7 Å². The third-order valence-electron chi connectivity index (χ3n) is 5.89. The maximum atomic E-state index is 4.15. The number of allylic oxidation sites excluding steroid dienone is 1. The molecule has 2 aliphatic rings. The van der Waals surface area contributed by atoms with Crippen LogP contribution in [0.25, 0.3) is 22.7 Å². The van der Waals surface area contributed by atoms with Crippen LogP contribution in [0, 0.1) is 6.92 Å². The molecule has 0 amide bonds. The van der Waals surface area contributed by atoms with Crippen LogP contribution in [0.2, 0.25) is 0 Å². The highest BCUT2D eigenvalue weighted by Gasteiger charge is 2.33. The average molecular weight is 343 g/mol. The van der Waals surface area contributed by atoms with Crippen LogP contribution in [0.3, 0.4) is 0 Å². The van der Waals surface area contributed by atoms with Gasteiger partial charge in [-0.2, -0.15) is 0 Å². The van der Waals surface area contributed by atoms with Crippen molar-refractivity contribution in [3.63, 3.8) is 0 Å². The number of hydrogen-bond acceptors (Lipinski definition) is 2. The predicted molar refractivity (Wildman–Crippen MR) is 108 cm³/mol. The second-order valence-corrected chi connectivity index (χ2v) is 7.82. The first kappa shape index (κ1) is 15.8. The highest BCUT2D eigenvalue weighted by Crippen LogP contribution is 2.37. The molecule has 1 aliphatic heterocycles. The number of aryl methyl sites for hydroxylation is 1. The van der Waals surface area contributed by atoms with Gasteiger partial charge in [-0.3, -0.25) is 9.88 Å². The maximum Gasteiger partial charge on any atom is 0.0529 e. The van der Waals surface area contributed by atoms with Gasteiger partial charge in [-0.05, 0) is 67.7 Å². The Morgan fingerprint density at radius 1 is 1.15 bits per heavy atom. The molecule has 1 aromatic carbocycles. The van der Waals surface area contributed by atoms with Crippen molar-refractivity contribution in [1.82, 2.24) is 14.5 Å². The molecular formula is C23H25N3. The molecule has 0 unspecified atom stereocenters. The van der Waals surface area contributed by atoms with Gasteiger partial charge in [0.15, 0.2) is 0 Å². The van der Waals surface area contributed by atoms with Crippen molar-refractivity contribution in [1.29, 1.82) is 0 Å². The summed E-state index contributed by atoms with van der Waals surface area (Å²) < 4.78 is 2.45. The van der Waals surface area contributed by atoms with Crippen LogP contribution < -0.4 is 0 Å². The van der Waals surface area contributed by atoms with Gasteiger partial charge in [0.05, 0.1) is 5.52 Å². The standard InChI is InChI=1S/C23H25N3/c1-16-3-6-22-20(13-16)21-15-25(19-4-5-19)12-9-23(21)26(22)14-17(2)18-7-10-24-11-8-18/h3,6-8,10-11,13-14,19H,4-5,9,12,15H2,1-2H3/b17-14+. The van der Waals surface area contributed by atoms with Crippen LogP contribution in [0.1, 0.15) is 42.1 Å². The van der Waals surface area contributed by atoms with E-state index in [1.54, 1.807) is 5.56 Å². The Bertz CT molecular complexity index is 993. The molecule has 3 aromatic rings. The van der Waals surface area contributed by atoms with E-state index in [1.165, 1.54) is 52.7 Å². The first-order valence-electron chi connectivity index (χ1n) is 9.66. The first-order chi connectivity index (χ1) is 12.7. The molecular weight excluding hydrogens is 318 g/mol. The lowest BCUT2D eigenvalue weighted by atomic mass is 10.0. The van der Waals surface area contributed by atoms with Gasteiger partial charge in [0.25, 0.3) is 0 Å². The van der Waals surface area contributed by atoms with E-state index < -0.39 is 0 Å². The van der Waals surface area contributed by atoms with Crippen LogP contribution in [0.5, 0.6) is 0 Å². The minimum absolute atomic E-state index is 0.834. The van der Waals surface area contributed by atoms with Crippen molar-refractivity contribution in [3.8, 4) is 0 Å². The summed E-state index contributed by atoms with van der Waals surface area (Å²) in [6.45, 7) is 6.69. The van der Waals surface area contributed by atoms with Crippen molar-refractivity contribution < 1.29 is 0 Å². The molecule has 132 valence electrons. The summed E-state index contributed by atoms with van der Waals surface area (Å²) in [5.74, 6) is 0. The number of rotatable bonds is 3. The number of hydrogen-bond donors (Lipinski definition) is 0. The quantitative estimate of drug-likeness (QED) is 0.675. The van der Waals surface area contributed by atoms with Gasteiger partial charge in [-0.25, -0.2) is 0 Å². The summed E-state index contributed by atoms with van der Waals surface area (Å²) in [5, 5.41) is 1.43. The molecule has 3 heteroatoms. The predicted octanol–water partition coefficient (Wildman–Crippen LogP) is 4.88. The Morgan fingerprint density at radius 2 is 1.96 bits per heavy atom. The second-order valence-electron chi connectivity index (χ2n) is 7.82. The van der Waals surface area contributed by atoms with E-state index in [0.717, 1.165) is 19.0 Å². The third kappa shape index (κ3) is 2.67. The van der Waals surface area contributed by atoms with Crippen molar-refractivity contribution in [3.05, 3.63) is 65.1 Å². The molecule has 26 heavy (non-hydrogen) atoms. The summed E-state index contributed by atoms with van der Waals surface area (Å²) in [7, 11) is 0. The van der Waals surface area contributed by atoms with E-state index >= 15 is 0 Å². The average Bonchev–Trinajstić information content (AvgIpc) is 3.48. The Kier molecular flexibility index (Phi) is 3.71. The van der Waals surface area contributed by atoms with Gasteiger partial charge in [-0.1, -0.05) is 11.6 Å². The van der Waals surface area contributed by atoms with Gasteiger partial charge < -0.3 is 4.57 Å². The van der Waals surface area contributed by atoms with Crippen LogP contribution in [-0.2, 0) is 13.0 Å². The van der Waals surface area contributed by atoms with E-state index in [1.807, 2.05) is 12.4 Å². The molecule has 1 fully saturated rings. The van der Waals surface area contributed by atoms with Gasteiger partial charge in [0.2, 0.25) is 0 Å². The SMILES string of the molecule is C/C(=C\n1c2c(c3cc(C)ccc31)CN(C1CC1)CC2)c1ccncc1. The van der Waals surface area contributed by atoms with Crippen molar-refractivity contribution in [2.45, 2.75) is 45.7 Å². The smallest absolute Gasteiger partial charge is 0.0529 e. The number of pyridine rings is 1. The molecule has 3 heterocycles. The summed E-state index contributed by atoms with van der Waals surface area (Å²) in [4.78, 5) is 6.83. The number of fused-ring (bicyclic) bond motifs is 3. The lowest BCUT2D eigenvalue weighted by Crippen LogP contribution is -2.32. The van der Waals surface area contributed by atoms with E-state index in [2.05, 4.69) is 64.8 Å². The number of benzene rings is 1. The summed E-state index contributed by atoms with van der Waals surface area (Å²) >= 11 is 0. The van der Waals surface area contributed by atoms with E-state index in [9.17, 15) is 0 Å². The Balaban J connectivity index is 1.66. The summed E-state index contributed by atoms with van der Waals surface area (Å²) in [6.07, 6.45) is 9.96. The van der Waals surface area contributed by atoms with Crippen LogP contribution in [0.4, 0.5) is 0 Å². The topological polar surface area (TPSA) is 21.1 Å². The molecule has 2 aromatic heterocycles. The molecule has 0 N–H and O–H groups in total. The normalized spacial score (nSPS) is 18.3. The molecule has 3 nitrogen and oxygen atoms in total. The largest absolute Gasteiger partial charge is 0.320 e. The molecule has 0 spiro atoms. The minimum atomic E-state index is 0.834. The lowest BCUT2D eigenvalue weighted by molar-refractivity contribution is 0.243. The number of nitrogens with zero attached hydrogens (tertiary/aromatic N) is 3. The minimum Gasteiger partial charge on any atom is -0.320 e. The Labute approximate surface area is 155 Å². The molecule has 1 saturated carbocycles. The zero-order valence-corrected chi connectivity index (χ0v) is 15.6. The maximum absolute atomic E-state index is 4.15. The van der Waals surface area contributed by atoms with Gasteiger partial charge in [0.1, 0.15) is 0 Å². The fourth-order valence-corrected chi connectivity index (χ4v) is 4.31. The van der Waals surface area contributed by atoms with Crippen LogP contribution in [-0.4, -0.2) is 27.0 Å². The van der Waals surface area contributed by atoms with Crippen molar-refractivity contribution >= 4 is 22.7 Å². The molecule has 0 atom stereocenters. The summed E-state index contributed by atoms with van der Waals surface area (Å²) in [5.41, 5.74) is 8.23. The first-order valence-corrected chi connectivity index (χ1v) is 9.66. The van der Waals surface area contributed by atoms with Gasteiger partial charge >= 0.3 is 0 Å². The highest BCUT2D eigenvalue weighted by atomic mass is 15.2. The van der Waals surface area contributed by atoms with E-state index in [0.29, 0.717) is 0 Å². The van der Waals surface area contributed by atoms with Crippen molar-refractivity contribution in [2.75, 3.05) is 6.54 Å². The summed E-state index contributed by atoms with van der Waals surface area (Å²) in [6, 6.07) is 11.9. The molecule has 5 rings (SSSR count). The monoisotopic (exact) mass is 343 g/mol. The van der Waals surface area contributed by atoms with Crippen LogP contribution >= 0.6 is 0 Å².